The van der Waals surface area contributed by atoms with Crippen LogP contribution in [0.4, 0.5) is 22.7 Å². The SMILES string of the molecule is COc1cc(C#N)cc(-c2ccnc3[nH]c(-c4ccc(N5CCOCC5)cc4)cc23)c1.COc1ccc(-c2cccc3[nH]c(-c4ccc(N5CCOCC5)cc4)cc23)cc1C#N.N#Cc1cc(-c2ccnc3[nH]c(-c4ccc(N5CCOCC5)cc4)cc23)ccc1NC(=O)C1CC1. The summed E-state index contributed by atoms with van der Waals surface area (Å²) in [6.45, 7) is 10.2. The lowest BCUT2D eigenvalue weighted by atomic mass is 9.99. The number of hydrogen-bond acceptors (Lipinski definition) is 14. The van der Waals surface area contributed by atoms with Crippen LogP contribution in [0.1, 0.15) is 29.5 Å². The molecule has 4 aliphatic rings. The molecule has 3 saturated heterocycles. The number of nitrogens with one attached hydrogen (secondary N) is 4. The molecule has 16 rings (SSSR count). The Morgan fingerprint density at radius 1 is 0.474 bits per heavy atom. The van der Waals surface area contributed by atoms with E-state index in [1.165, 1.54) is 17.1 Å². The molecule has 4 N–H and O–H groups in total. The second kappa shape index (κ2) is 28.5. The number of morpholine rings is 3. The molecular formula is C79H70N12O6. The maximum absolute atomic E-state index is 12.2. The fourth-order valence-corrected chi connectivity index (χ4v) is 12.8. The van der Waals surface area contributed by atoms with Crippen LogP contribution in [0, 0.1) is 39.9 Å². The van der Waals surface area contributed by atoms with Crippen molar-refractivity contribution in [1.29, 1.82) is 15.8 Å². The van der Waals surface area contributed by atoms with Gasteiger partial charge in [-0.1, -0.05) is 60.7 Å². The van der Waals surface area contributed by atoms with Gasteiger partial charge in [0.25, 0.3) is 0 Å². The average Bonchev–Trinajstić information content (AvgIpc) is 1.68. The Morgan fingerprint density at radius 3 is 1.42 bits per heavy atom. The molecule has 482 valence electrons. The Bertz CT molecular complexity index is 4960. The predicted octanol–water partition coefficient (Wildman–Crippen LogP) is 14.8. The molecule has 0 unspecified atom stereocenters. The molecule has 97 heavy (non-hydrogen) atoms. The van der Waals surface area contributed by atoms with E-state index in [0.29, 0.717) is 33.9 Å². The lowest BCUT2D eigenvalue weighted by molar-refractivity contribution is -0.117. The van der Waals surface area contributed by atoms with Gasteiger partial charge >= 0.3 is 0 Å². The van der Waals surface area contributed by atoms with E-state index in [1.807, 2.05) is 66.7 Å². The van der Waals surface area contributed by atoms with E-state index in [4.69, 9.17) is 23.7 Å². The summed E-state index contributed by atoms with van der Waals surface area (Å²) in [4.78, 5) is 38.7. The first kappa shape index (κ1) is 62.7. The van der Waals surface area contributed by atoms with Crippen LogP contribution >= 0.6 is 0 Å². The maximum atomic E-state index is 12.2. The minimum Gasteiger partial charge on any atom is -0.497 e. The Hall–Kier alpha value is -11.7. The third kappa shape index (κ3) is 13.8. The lowest BCUT2D eigenvalue weighted by Crippen LogP contribution is -2.36. The third-order valence-electron chi connectivity index (χ3n) is 18.3. The van der Waals surface area contributed by atoms with Gasteiger partial charge in [-0.2, -0.15) is 15.8 Å². The predicted molar refractivity (Wildman–Crippen MR) is 381 cm³/mol. The molecule has 18 nitrogen and oxygen atoms in total. The van der Waals surface area contributed by atoms with E-state index in [1.54, 1.807) is 32.7 Å². The fraction of sp³-hybridized carbons (Fsp3) is 0.215. The van der Waals surface area contributed by atoms with E-state index in [2.05, 4.69) is 166 Å². The highest BCUT2D eigenvalue weighted by atomic mass is 16.5. The number of benzene rings is 7. The summed E-state index contributed by atoms with van der Waals surface area (Å²) < 4.78 is 27.0. The number of aromatic nitrogens is 5. The molecule has 7 aromatic carbocycles. The van der Waals surface area contributed by atoms with Crippen molar-refractivity contribution < 1.29 is 28.5 Å². The quantitative estimate of drug-likeness (QED) is 0.0842. The van der Waals surface area contributed by atoms with Crippen LogP contribution in [-0.4, -0.2) is 124 Å². The van der Waals surface area contributed by atoms with Gasteiger partial charge in [0.2, 0.25) is 5.91 Å². The van der Waals surface area contributed by atoms with Gasteiger partial charge in [0, 0.05) is 113 Å². The summed E-state index contributed by atoms with van der Waals surface area (Å²) in [5.74, 6) is 1.33. The third-order valence-corrected chi connectivity index (χ3v) is 18.3. The Kier molecular flexibility index (Phi) is 18.4. The Labute approximate surface area is 561 Å². The molecule has 1 amide bonds. The molecule has 1 saturated carbocycles. The Morgan fingerprint density at radius 2 is 0.938 bits per heavy atom. The highest BCUT2D eigenvalue weighted by Crippen LogP contribution is 2.39. The zero-order valence-electron chi connectivity index (χ0n) is 53.9. The van der Waals surface area contributed by atoms with Gasteiger partial charge in [0.05, 0.1) is 82.3 Å². The van der Waals surface area contributed by atoms with Crippen molar-refractivity contribution in [3.8, 4) is 96.9 Å². The molecule has 12 aromatic rings. The zero-order valence-corrected chi connectivity index (χ0v) is 53.9. The van der Waals surface area contributed by atoms with Gasteiger partial charge in [-0.05, 0) is 178 Å². The normalized spacial score (nSPS) is 14.5. The number of hydrogen-bond donors (Lipinski definition) is 4. The number of anilines is 4. The standard InChI is InChI=1S/C28H25N5O2.C26H23N3O2.C25H22N4O2/c29-17-21-15-20(5-8-25(21)32-28(34)19-1-2-19)23-9-10-30-27-24(23)16-26(31-27)18-3-6-22(7-4-18)33-11-13-35-14-12-33;1-30-26-10-7-19(15-20(26)17-27)22-3-2-4-24-23(22)16-25(28-24)18-5-8-21(9-6-18)29-11-13-31-14-12-29;1-30-21-13-17(16-26)12-19(14-21)22-6-7-27-25-23(22)15-24(28-25)18-2-4-20(5-3-18)29-8-10-31-11-9-29/h3-10,15-16,19H,1-2,11-14H2,(H,30,31)(H,32,34);2-10,15-16,28H,11-14H2,1H3;2-7,12-15H,8-11H2,1H3,(H,27,28). The van der Waals surface area contributed by atoms with E-state index < -0.39 is 0 Å². The molecular weight excluding hydrogens is 1210 g/mol. The van der Waals surface area contributed by atoms with E-state index in [9.17, 15) is 20.6 Å². The average molecular weight is 1280 g/mol. The highest BCUT2D eigenvalue weighted by Gasteiger charge is 2.30. The van der Waals surface area contributed by atoms with Gasteiger partial charge in [-0.3, -0.25) is 4.79 Å². The van der Waals surface area contributed by atoms with Crippen molar-refractivity contribution in [2.24, 2.45) is 5.92 Å². The number of amides is 1. The van der Waals surface area contributed by atoms with Crippen LogP contribution in [0.3, 0.4) is 0 Å². The number of fused-ring (bicyclic) bond motifs is 3. The van der Waals surface area contributed by atoms with Crippen LogP contribution in [0.5, 0.6) is 11.5 Å². The number of rotatable bonds is 13. The molecule has 0 atom stereocenters. The van der Waals surface area contributed by atoms with Crippen LogP contribution in [0.25, 0.3) is 100 Å². The number of carbonyl (C=O) groups is 1. The second-order valence-corrected chi connectivity index (χ2v) is 24.2. The van der Waals surface area contributed by atoms with Gasteiger partial charge < -0.3 is 58.7 Å². The first-order chi connectivity index (χ1) is 47.7. The molecule has 0 radical (unpaired) electrons. The number of pyridine rings is 2. The van der Waals surface area contributed by atoms with Gasteiger partial charge in [0.1, 0.15) is 34.9 Å². The molecule has 0 spiro atoms. The fourth-order valence-electron chi connectivity index (χ4n) is 12.8. The van der Waals surface area contributed by atoms with Crippen molar-refractivity contribution in [2.75, 3.05) is 113 Å². The van der Waals surface area contributed by atoms with E-state index in [-0.39, 0.29) is 11.8 Å². The van der Waals surface area contributed by atoms with Crippen molar-refractivity contribution in [2.45, 2.75) is 12.8 Å². The number of ether oxygens (including phenoxy) is 5. The summed E-state index contributed by atoms with van der Waals surface area (Å²) in [6, 6.07) is 65.9. The topological polar surface area (TPSA) is 229 Å². The lowest BCUT2D eigenvalue weighted by Gasteiger charge is -2.28. The summed E-state index contributed by atoms with van der Waals surface area (Å²) in [7, 11) is 3.19. The maximum Gasteiger partial charge on any atom is 0.227 e. The summed E-state index contributed by atoms with van der Waals surface area (Å²) in [5.41, 5.74) is 20.7. The number of methoxy groups -OCH3 is 2. The molecule has 1 aliphatic carbocycles. The van der Waals surface area contributed by atoms with Crippen LogP contribution in [-0.2, 0) is 19.0 Å². The summed E-state index contributed by atoms with van der Waals surface area (Å²) in [5, 5.41) is 34.6. The highest BCUT2D eigenvalue weighted by molar-refractivity contribution is 6.01. The van der Waals surface area contributed by atoms with Crippen LogP contribution in [0.2, 0.25) is 0 Å². The monoisotopic (exact) mass is 1280 g/mol. The number of aromatic amines is 3. The van der Waals surface area contributed by atoms with Crippen molar-refractivity contribution in [1.82, 2.24) is 24.9 Å². The van der Waals surface area contributed by atoms with Gasteiger partial charge in [-0.25, -0.2) is 9.97 Å². The number of nitriles is 3. The van der Waals surface area contributed by atoms with E-state index >= 15 is 0 Å². The molecule has 5 aromatic heterocycles. The minimum atomic E-state index is -0.00420. The van der Waals surface area contributed by atoms with Crippen molar-refractivity contribution in [3.05, 3.63) is 205 Å². The summed E-state index contributed by atoms with van der Waals surface area (Å²) in [6.07, 6.45) is 5.40. The first-order valence-electron chi connectivity index (χ1n) is 32.6. The van der Waals surface area contributed by atoms with E-state index in [0.717, 1.165) is 192 Å². The van der Waals surface area contributed by atoms with Crippen LogP contribution < -0.4 is 29.5 Å². The van der Waals surface area contributed by atoms with Crippen molar-refractivity contribution >= 4 is 61.6 Å². The summed E-state index contributed by atoms with van der Waals surface area (Å²) >= 11 is 0. The smallest absolute Gasteiger partial charge is 0.227 e. The largest absolute Gasteiger partial charge is 0.497 e. The number of carbonyl (C=O) groups excluding carboxylic acids is 1. The first-order valence-corrected chi connectivity index (χ1v) is 32.6. The second-order valence-electron chi connectivity index (χ2n) is 24.2. The molecule has 0 bridgehead atoms. The van der Waals surface area contributed by atoms with Gasteiger partial charge in [0.15, 0.2) is 0 Å². The molecule has 8 heterocycles. The van der Waals surface area contributed by atoms with Gasteiger partial charge in [-0.15, -0.1) is 0 Å². The number of nitrogens with zero attached hydrogens (tertiary/aromatic N) is 8. The molecule has 3 aliphatic heterocycles. The zero-order chi connectivity index (χ0) is 66.2. The molecule has 18 heteroatoms. The molecule has 4 fully saturated rings. The van der Waals surface area contributed by atoms with Crippen molar-refractivity contribution in [3.63, 3.8) is 0 Å². The van der Waals surface area contributed by atoms with Crippen LogP contribution in [0.15, 0.2) is 188 Å². The Balaban J connectivity index is 0.000000125. The minimum absolute atomic E-state index is 0.00420. The number of H-pyrrole nitrogens is 3.